The topological polar surface area (TPSA) is 93.4 Å². The van der Waals surface area contributed by atoms with Gasteiger partial charge in [0.2, 0.25) is 0 Å². The highest BCUT2D eigenvalue weighted by molar-refractivity contribution is 7.89. The third-order valence-corrected chi connectivity index (χ3v) is 0.628. The van der Waals surface area contributed by atoms with Gasteiger partial charge in [-0.1, -0.05) is 11.2 Å². The van der Waals surface area contributed by atoms with Gasteiger partial charge in [0, 0.05) is 6.92 Å². The quantitative estimate of drug-likeness (QED) is 0.556. The molecule has 0 amide bonds. The van der Waals surface area contributed by atoms with Gasteiger partial charge in [-0.3, -0.25) is 0 Å². The zero-order valence-corrected chi connectivity index (χ0v) is 10.6. The van der Waals surface area contributed by atoms with Crippen molar-refractivity contribution in [2.75, 3.05) is 19.1 Å². The molecule has 0 aromatic rings. The molecule has 90 valence electrons. The summed E-state index contributed by atoms with van der Waals surface area (Å²) >= 11 is -0.611. The lowest BCUT2D eigenvalue weighted by Gasteiger charge is -2.01. The molecule has 0 rings (SSSR count). The zero-order chi connectivity index (χ0) is 12.9. The number of rotatable bonds is 2. The van der Waals surface area contributed by atoms with Gasteiger partial charge in [0.25, 0.3) is 0 Å². The summed E-state index contributed by atoms with van der Waals surface area (Å²) in [5.41, 5.74) is 0. The number of carbonyl (C=O) groups excluding carboxylic acids is 1. The number of carbonyl (C=O) groups is 1. The summed E-state index contributed by atoms with van der Waals surface area (Å²) < 4.78 is 14.0. The van der Waals surface area contributed by atoms with Gasteiger partial charge in [0.05, 0.1) is 25.2 Å². The minimum Gasteiger partial charge on any atom is -0.617 e. The Hall–Kier alpha value is -0.770. The Labute approximate surface area is 94.2 Å². The normalized spacial score (nSPS) is 9.80. The molecule has 0 aliphatic heterocycles. The van der Waals surface area contributed by atoms with Crippen LogP contribution in [0.15, 0.2) is 0 Å². The molecule has 0 radical (unpaired) electrons. The van der Waals surface area contributed by atoms with E-state index in [-0.39, 0.29) is 0 Å². The number of hydrogen-bond acceptors (Lipinski definition) is 5. The zero-order valence-electron chi connectivity index (χ0n) is 9.81. The van der Waals surface area contributed by atoms with Crippen LogP contribution in [0.3, 0.4) is 0 Å². The first-order chi connectivity index (χ1) is 6.83. The molecule has 6 heteroatoms. The van der Waals surface area contributed by atoms with Crippen LogP contribution >= 0.6 is 0 Å². The van der Waals surface area contributed by atoms with Crippen LogP contribution in [0.2, 0.25) is 0 Å². The molecular formula is C9H19NO4S. The maximum atomic E-state index is 10.3. The molecule has 0 bridgehead atoms. The summed E-state index contributed by atoms with van der Waals surface area (Å²) in [5, 5.41) is 15.8. The highest BCUT2D eigenvalue weighted by Gasteiger charge is 2.07. The van der Waals surface area contributed by atoms with Crippen molar-refractivity contribution in [3.05, 3.63) is 0 Å². The van der Waals surface area contributed by atoms with Crippen molar-refractivity contribution < 1.29 is 19.2 Å². The molecule has 5 nitrogen and oxygen atoms in total. The first-order valence-corrected chi connectivity index (χ1v) is 6.20. The second-order valence-corrected chi connectivity index (χ2v) is 3.88. The summed E-state index contributed by atoms with van der Waals surface area (Å²) in [6.07, 6.45) is 2.29. The van der Waals surface area contributed by atoms with Crippen molar-refractivity contribution in [1.29, 1.82) is 5.26 Å². The first kappa shape index (κ1) is 19.7. The molecule has 0 heterocycles. The Kier molecular flexibility index (Phi) is 20.7. The van der Waals surface area contributed by atoms with Crippen LogP contribution in [0.25, 0.3) is 0 Å². The van der Waals surface area contributed by atoms with Crippen molar-refractivity contribution in [3.63, 3.8) is 0 Å². The average Bonchev–Trinajstić information content (AvgIpc) is 2.04. The molecule has 1 unspecified atom stereocenters. The van der Waals surface area contributed by atoms with Crippen LogP contribution in [0.4, 0.5) is 0 Å². The summed E-state index contributed by atoms with van der Waals surface area (Å²) in [4.78, 5) is 10.3. The highest BCUT2D eigenvalue weighted by atomic mass is 32.2. The lowest BCUT2D eigenvalue weighted by Crippen LogP contribution is -2.18. The van der Waals surface area contributed by atoms with E-state index in [0.717, 1.165) is 0 Å². The Morgan fingerprint density at radius 3 is 2.00 bits per heavy atom. The molecular weight excluding hydrogens is 218 g/mol. The summed E-state index contributed by atoms with van der Waals surface area (Å²) in [5.74, 6) is -0.562. The Balaban J connectivity index is -0.000000173. The SMILES string of the molecule is CC#N.CCOC(=O)C(C)O.C[S+](C)[O-]. The fourth-order valence-corrected chi connectivity index (χ4v) is 0.263. The minimum absolute atomic E-state index is 0.323. The highest BCUT2D eigenvalue weighted by Crippen LogP contribution is 1.84. The molecule has 0 fully saturated rings. The minimum atomic E-state index is -0.991. The van der Waals surface area contributed by atoms with E-state index in [2.05, 4.69) is 4.74 Å². The number of hydrogen-bond donors (Lipinski definition) is 1. The van der Waals surface area contributed by atoms with Gasteiger partial charge in [-0.05, 0) is 13.8 Å². The van der Waals surface area contributed by atoms with E-state index in [1.807, 2.05) is 0 Å². The third-order valence-electron chi connectivity index (χ3n) is 0.628. The molecule has 15 heavy (non-hydrogen) atoms. The molecule has 0 saturated carbocycles. The van der Waals surface area contributed by atoms with Crippen molar-refractivity contribution in [1.82, 2.24) is 0 Å². The van der Waals surface area contributed by atoms with Crippen LogP contribution in [0.5, 0.6) is 0 Å². The number of nitrogens with zero attached hydrogens (tertiary/aromatic N) is 1. The smallest absolute Gasteiger partial charge is 0.334 e. The number of aliphatic hydroxyl groups is 1. The van der Waals surface area contributed by atoms with Crippen LogP contribution in [-0.4, -0.2) is 40.9 Å². The van der Waals surface area contributed by atoms with Crippen LogP contribution in [0.1, 0.15) is 20.8 Å². The van der Waals surface area contributed by atoms with Crippen molar-refractivity contribution in [3.8, 4) is 6.07 Å². The van der Waals surface area contributed by atoms with Crippen LogP contribution < -0.4 is 0 Å². The molecule has 0 aliphatic carbocycles. The van der Waals surface area contributed by atoms with E-state index in [1.165, 1.54) is 13.8 Å². The van der Waals surface area contributed by atoms with E-state index < -0.39 is 23.2 Å². The van der Waals surface area contributed by atoms with Gasteiger partial charge in [-0.15, -0.1) is 0 Å². The third kappa shape index (κ3) is 43.0. The van der Waals surface area contributed by atoms with Gasteiger partial charge >= 0.3 is 5.97 Å². The van der Waals surface area contributed by atoms with Crippen molar-refractivity contribution in [2.24, 2.45) is 0 Å². The van der Waals surface area contributed by atoms with Gasteiger partial charge < -0.3 is 14.4 Å². The summed E-state index contributed by atoms with van der Waals surface area (Å²) in [6.45, 7) is 4.82. The lowest BCUT2D eigenvalue weighted by molar-refractivity contribution is -0.151. The molecule has 0 spiro atoms. The van der Waals surface area contributed by atoms with Gasteiger partial charge in [0.1, 0.15) is 6.10 Å². The van der Waals surface area contributed by atoms with E-state index >= 15 is 0 Å². The average molecular weight is 237 g/mol. The van der Waals surface area contributed by atoms with Crippen molar-refractivity contribution in [2.45, 2.75) is 26.9 Å². The van der Waals surface area contributed by atoms with E-state index in [9.17, 15) is 9.35 Å². The van der Waals surface area contributed by atoms with Gasteiger partial charge in [-0.25, -0.2) is 4.79 Å². The first-order valence-electron chi connectivity index (χ1n) is 4.24. The van der Waals surface area contributed by atoms with E-state index in [4.69, 9.17) is 10.4 Å². The van der Waals surface area contributed by atoms with Crippen molar-refractivity contribution >= 4 is 17.1 Å². The maximum Gasteiger partial charge on any atom is 0.334 e. The predicted octanol–water partition coefficient (Wildman–Crippen LogP) is 0.455. The monoisotopic (exact) mass is 237 g/mol. The van der Waals surface area contributed by atoms with E-state index in [0.29, 0.717) is 6.61 Å². The Morgan fingerprint density at radius 2 is 1.93 bits per heavy atom. The van der Waals surface area contributed by atoms with Gasteiger partial charge in [-0.2, -0.15) is 5.26 Å². The van der Waals surface area contributed by atoms with E-state index in [1.54, 1.807) is 25.5 Å². The lowest BCUT2D eigenvalue weighted by atomic mass is 10.4. The number of esters is 1. The van der Waals surface area contributed by atoms with Gasteiger partial charge in [0.15, 0.2) is 0 Å². The molecule has 0 aromatic heterocycles. The molecule has 0 saturated heterocycles. The maximum absolute atomic E-state index is 10.3. The number of ether oxygens (including phenoxy) is 1. The largest absolute Gasteiger partial charge is 0.617 e. The summed E-state index contributed by atoms with van der Waals surface area (Å²) in [6, 6.07) is 1.75. The Morgan fingerprint density at radius 1 is 1.67 bits per heavy atom. The second-order valence-electron chi connectivity index (χ2n) is 2.39. The predicted molar refractivity (Wildman–Crippen MR) is 59.6 cm³/mol. The second kappa shape index (κ2) is 15.7. The van der Waals surface area contributed by atoms with Crippen LogP contribution in [0, 0.1) is 11.3 Å². The number of nitriles is 1. The number of aliphatic hydroxyl groups excluding tert-OH is 1. The Bertz CT molecular complexity index is 175. The molecule has 1 atom stereocenters. The standard InChI is InChI=1S/C5H10O3.C2H3N.C2H6OS/c1-3-8-5(7)4(2)6;1-2-3;1-4(2)3/h4,6H,3H2,1-2H3;1H3;1-2H3. The molecule has 0 aromatic carbocycles. The molecule has 0 aliphatic rings. The van der Waals surface area contributed by atoms with Crippen LogP contribution in [-0.2, 0) is 20.7 Å². The fraction of sp³-hybridized carbons (Fsp3) is 0.778. The summed E-state index contributed by atoms with van der Waals surface area (Å²) in [7, 11) is 0. The fourth-order valence-electron chi connectivity index (χ4n) is 0.263. The molecule has 1 N–H and O–H groups in total.